The van der Waals surface area contributed by atoms with E-state index in [9.17, 15) is 0 Å². The highest BCUT2D eigenvalue weighted by Gasteiger charge is 2.09. The van der Waals surface area contributed by atoms with E-state index in [2.05, 4.69) is 34.7 Å². The third kappa shape index (κ3) is 4.41. The average Bonchev–Trinajstić information content (AvgIpc) is 2.75. The van der Waals surface area contributed by atoms with Gasteiger partial charge in [0.25, 0.3) is 0 Å². The predicted octanol–water partition coefficient (Wildman–Crippen LogP) is 3.27. The molecule has 1 aromatic rings. The summed E-state index contributed by atoms with van der Waals surface area (Å²) in [6.45, 7) is 7.17. The van der Waals surface area contributed by atoms with E-state index in [1.165, 1.54) is 50.2 Å². The molecule has 2 heterocycles. The summed E-state index contributed by atoms with van der Waals surface area (Å²) < 4.78 is 0. The molecule has 1 unspecified atom stereocenters. The number of hydrogen-bond acceptors (Lipinski definition) is 3. The molecule has 0 aromatic carbocycles. The summed E-state index contributed by atoms with van der Waals surface area (Å²) in [5.74, 6) is 0. The molecular formula is C14H24N2S. The Balaban J connectivity index is 1.65. The Morgan fingerprint density at radius 3 is 2.71 bits per heavy atom. The molecule has 1 N–H and O–H groups in total. The fraction of sp³-hybridized carbons (Fsp3) is 0.714. The van der Waals surface area contributed by atoms with Crippen molar-refractivity contribution in [3.05, 3.63) is 22.4 Å². The number of nitrogens with one attached hydrogen (secondary N) is 1. The molecule has 2 rings (SSSR count). The van der Waals surface area contributed by atoms with E-state index in [0.29, 0.717) is 6.04 Å². The van der Waals surface area contributed by atoms with Crippen LogP contribution in [-0.2, 0) is 0 Å². The first kappa shape index (κ1) is 13.1. The van der Waals surface area contributed by atoms with Crippen molar-refractivity contribution in [2.45, 2.75) is 38.6 Å². The fourth-order valence-electron chi connectivity index (χ4n) is 2.44. The molecule has 0 radical (unpaired) electrons. The molecule has 1 fully saturated rings. The van der Waals surface area contributed by atoms with E-state index in [4.69, 9.17) is 0 Å². The van der Waals surface area contributed by atoms with Crippen LogP contribution >= 0.6 is 11.3 Å². The maximum Gasteiger partial charge on any atom is 0.0386 e. The van der Waals surface area contributed by atoms with Crippen molar-refractivity contribution in [1.82, 2.24) is 10.2 Å². The van der Waals surface area contributed by atoms with Gasteiger partial charge in [-0.3, -0.25) is 0 Å². The lowest BCUT2D eigenvalue weighted by Crippen LogP contribution is -2.33. The highest BCUT2D eigenvalue weighted by Crippen LogP contribution is 2.17. The maximum atomic E-state index is 3.62. The van der Waals surface area contributed by atoms with Crippen LogP contribution in [0.1, 0.15) is 43.5 Å². The van der Waals surface area contributed by atoms with Crippen LogP contribution in [0.4, 0.5) is 0 Å². The van der Waals surface area contributed by atoms with Crippen molar-refractivity contribution in [3.8, 4) is 0 Å². The zero-order valence-corrected chi connectivity index (χ0v) is 11.6. The van der Waals surface area contributed by atoms with E-state index in [0.717, 1.165) is 6.54 Å². The SMILES string of the molecule is CC(NCCN1CCCCCC1)c1cccs1. The third-order valence-corrected chi connectivity index (χ3v) is 4.60. The minimum Gasteiger partial charge on any atom is -0.308 e. The molecule has 3 heteroatoms. The Hall–Kier alpha value is -0.380. The number of hydrogen-bond donors (Lipinski definition) is 1. The van der Waals surface area contributed by atoms with Crippen molar-refractivity contribution >= 4 is 11.3 Å². The number of likely N-dealkylation sites (tertiary alicyclic amines) is 1. The lowest BCUT2D eigenvalue weighted by Gasteiger charge is -2.21. The second-order valence-corrected chi connectivity index (χ2v) is 5.93. The van der Waals surface area contributed by atoms with Gasteiger partial charge in [-0.2, -0.15) is 0 Å². The van der Waals surface area contributed by atoms with E-state index in [-0.39, 0.29) is 0 Å². The largest absolute Gasteiger partial charge is 0.308 e. The molecule has 1 aliphatic heterocycles. The van der Waals surface area contributed by atoms with Gasteiger partial charge in [0, 0.05) is 24.0 Å². The average molecular weight is 252 g/mol. The van der Waals surface area contributed by atoms with Gasteiger partial charge in [0.15, 0.2) is 0 Å². The lowest BCUT2D eigenvalue weighted by molar-refractivity contribution is 0.280. The van der Waals surface area contributed by atoms with Gasteiger partial charge in [-0.1, -0.05) is 18.9 Å². The molecule has 0 spiro atoms. The first-order valence-corrected chi connectivity index (χ1v) is 7.73. The van der Waals surface area contributed by atoms with Crippen LogP contribution < -0.4 is 5.32 Å². The Bertz CT molecular complexity index is 289. The highest BCUT2D eigenvalue weighted by atomic mass is 32.1. The highest BCUT2D eigenvalue weighted by molar-refractivity contribution is 7.10. The van der Waals surface area contributed by atoms with Gasteiger partial charge in [-0.25, -0.2) is 0 Å². The minimum absolute atomic E-state index is 0.502. The molecule has 0 amide bonds. The molecule has 17 heavy (non-hydrogen) atoms. The second-order valence-electron chi connectivity index (χ2n) is 4.95. The van der Waals surface area contributed by atoms with Crippen LogP contribution in [0, 0.1) is 0 Å². The smallest absolute Gasteiger partial charge is 0.0386 e. The fourth-order valence-corrected chi connectivity index (χ4v) is 3.20. The van der Waals surface area contributed by atoms with Gasteiger partial charge in [-0.05, 0) is 44.3 Å². The first-order valence-electron chi connectivity index (χ1n) is 6.85. The summed E-state index contributed by atoms with van der Waals surface area (Å²) >= 11 is 1.84. The van der Waals surface area contributed by atoms with Gasteiger partial charge >= 0.3 is 0 Å². The maximum absolute atomic E-state index is 3.62. The van der Waals surface area contributed by atoms with Crippen LogP contribution in [0.25, 0.3) is 0 Å². The number of rotatable bonds is 5. The molecule has 96 valence electrons. The Kier molecular flexibility index (Phi) is 5.49. The van der Waals surface area contributed by atoms with E-state index in [1.807, 2.05) is 11.3 Å². The standard InChI is InChI=1S/C14H24N2S/c1-13(14-7-6-12-17-14)15-8-11-16-9-4-2-3-5-10-16/h6-7,12-13,15H,2-5,8-11H2,1H3. The van der Waals surface area contributed by atoms with Crippen molar-refractivity contribution in [2.24, 2.45) is 0 Å². The van der Waals surface area contributed by atoms with Crippen LogP contribution in [0.2, 0.25) is 0 Å². The van der Waals surface area contributed by atoms with Crippen molar-refractivity contribution in [3.63, 3.8) is 0 Å². The van der Waals surface area contributed by atoms with Crippen LogP contribution in [-0.4, -0.2) is 31.1 Å². The summed E-state index contributed by atoms with van der Waals surface area (Å²) in [5.41, 5.74) is 0. The molecular weight excluding hydrogens is 228 g/mol. The van der Waals surface area contributed by atoms with Crippen LogP contribution in [0.15, 0.2) is 17.5 Å². The Labute approximate surface area is 109 Å². The number of thiophene rings is 1. The molecule has 1 saturated heterocycles. The molecule has 1 atom stereocenters. The molecule has 2 nitrogen and oxygen atoms in total. The normalized spacial score (nSPS) is 20.1. The molecule has 1 aromatic heterocycles. The number of nitrogens with zero attached hydrogens (tertiary/aromatic N) is 1. The van der Waals surface area contributed by atoms with Gasteiger partial charge in [0.2, 0.25) is 0 Å². The van der Waals surface area contributed by atoms with E-state index >= 15 is 0 Å². The predicted molar refractivity (Wildman–Crippen MR) is 75.6 cm³/mol. The quantitative estimate of drug-likeness (QED) is 0.865. The molecule has 0 saturated carbocycles. The van der Waals surface area contributed by atoms with Crippen LogP contribution in [0.5, 0.6) is 0 Å². The van der Waals surface area contributed by atoms with Gasteiger partial charge in [0.1, 0.15) is 0 Å². The summed E-state index contributed by atoms with van der Waals surface area (Å²) in [4.78, 5) is 4.06. The van der Waals surface area contributed by atoms with Crippen molar-refractivity contribution < 1.29 is 0 Å². The topological polar surface area (TPSA) is 15.3 Å². The van der Waals surface area contributed by atoms with Crippen molar-refractivity contribution in [1.29, 1.82) is 0 Å². The van der Waals surface area contributed by atoms with Gasteiger partial charge in [-0.15, -0.1) is 11.3 Å². The Morgan fingerprint density at radius 2 is 2.06 bits per heavy atom. The second kappa shape index (κ2) is 7.14. The zero-order chi connectivity index (χ0) is 11.9. The van der Waals surface area contributed by atoms with E-state index < -0.39 is 0 Å². The molecule has 0 aliphatic carbocycles. The van der Waals surface area contributed by atoms with Crippen molar-refractivity contribution in [2.75, 3.05) is 26.2 Å². The zero-order valence-electron chi connectivity index (χ0n) is 10.8. The van der Waals surface area contributed by atoms with Gasteiger partial charge < -0.3 is 10.2 Å². The third-order valence-electron chi connectivity index (χ3n) is 3.55. The molecule has 1 aliphatic rings. The summed E-state index contributed by atoms with van der Waals surface area (Å²) in [6.07, 6.45) is 5.63. The Morgan fingerprint density at radius 1 is 1.29 bits per heavy atom. The summed E-state index contributed by atoms with van der Waals surface area (Å²) in [7, 11) is 0. The minimum atomic E-state index is 0.502. The lowest BCUT2D eigenvalue weighted by atomic mass is 10.2. The first-order chi connectivity index (χ1) is 8.36. The van der Waals surface area contributed by atoms with E-state index in [1.54, 1.807) is 0 Å². The van der Waals surface area contributed by atoms with Gasteiger partial charge in [0.05, 0.1) is 0 Å². The summed E-state index contributed by atoms with van der Waals surface area (Å²) in [6, 6.07) is 4.85. The molecule has 0 bridgehead atoms. The monoisotopic (exact) mass is 252 g/mol. The van der Waals surface area contributed by atoms with Crippen LogP contribution in [0.3, 0.4) is 0 Å². The summed E-state index contributed by atoms with van der Waals surface area (Å²) in [5, 5.41) is 5.78.